The summed E-state index contributed by atoms with van der Waals surface area (Å²) in [6.45, 7) is 1.60. The molecule has 4 nitrogen and oxygen atoms in total. The monoisotopic (exact) mass is 380 g/mol. The second kappa shape index (κ2) is 6.48. The number of allylic oxidation sites excluding steroid dienone is 1. The van der Waals surface area contributed by atoms with Gasteiger partial charge in [0.25, 0.3) is 5.91 Å². The molecular weight excluding hydrogens is 371 g/mol. The van der Waals surface area contributed by atoms with Crippen molar-refractivity contribution >= 4 is 52.2 Å². The van der Waals surface area contributed by atoms with Crippen LogP contribution < -0.4 is 10.6 Å². The lowest BCUT2D eigenvalue weighted by Crippen LogP contribution is -2.34. The number of anilines is 1. The SMILES string of the molecule is C/C(C(=O)c1ccc(Cl)cc1Cl)=C1/NC(=O)c2ccc(Cl)cc2N1. The fraction of sp³-hybridized carbons (Fsp3) is 0.0588. The Morgan fingerprint density at radius 1 is 0.958 bits per heavy atom. The zero-order valence-corrected chi connectivity index (χ0v) is 14.7. The summed E-state index contributed by atoms with van der Waals surface area (Å²) in [5.41, 5.74) is 1.61. The first kappa shape index (κ1) is 16.8. The molecule has 0 atom stereocenters. The van der Waals surface area contributed by atoms with Crippen LogP contribution in [0.3, 0.4) is 0 Å². The molecule has 1 aliphatic heterocycles. The lowest BCUT2D eigenvalue weighted by molar-refractivity contribution is 0.0963. The average Bonchev–Trinajstić information content (AvgIpc) is 2.53. The Hall–Kier alpha value is -2.01. The molecule has 2 aromatic rings. The van der Waals surface area contributed by atoms with Crippen molar-refractivity contribution in [3.05, 3.63) is 74.0 Å². The van der Waals surface area contributed by atoms with Crippen molar-refractivity contribution in [2.75, 3.05) is 5.32 Å². The Morgan fingerprint density at radius 2 is 1.62 bits per heavy atom. The predicted octanol–water partition coefficient (Wildman–Crippen LogP) is 4.92. The van der Waals surface area contributed by atoms with Gasteiger partial charge in [0.05, 0.1) is 16.3 Å². The molecule has 3 rings (SSSR count). The minimum Gasteiger partial charge on any atom is -0.341 e. The van der Waals surface area contributed by atoms with Crippen molar-refractivity contribution in [1.82, 2.24) is 5.32 Å². The lowest BCUT2D eigenvalue weighted by Gasteiger charge is -2.23. The second-order valence-corrected chi connectivity index (χ2v) is 6.50. The van der Waals surface area contributed by atoms with E-state index in [4.69, 9.17) is 34.8 Å². The Labute approximate surface area is 153 Å². The molecule has 0 radical (unpaired) electrons. The number of nitrogens with one attached hydrogen (secondary N) is 2. The van der Waals surface area contributed by atoms with Crippen molar-refractivity contribution in [3.63, 3.8) is 0 Å². The number of fused-ring (bicyclic) bond motifs is 1. The van der Waals surface area contributed by atoms with Crippen molar-refractivity contribution < 1.29 is 9.59 Å². The fourth-order valence-corrected chi connectivity index (χ4v) is 3.01. The van der Waals surface area contributed by atoms with Crippen LogP contribution in [0.25, 0.3) is 0 Å². The van der Waals surface area contributed by atoms with E-state index in [9.17, 15) is 9.59 Å². The molecule has 1 heterocycles. The van der Waals surface area contributed by atoms with E-state index in [0.717, 1.165) is 0 Å². The van der Waals surface area contributed by atoms with Gasteiger partial charge in [0.2, 0.25) is 0 Å². The van der Waals surface area contributed by atoms with Gasteiger partial charge in [-0.1, -0.05) is 34.8 Å². The normalized spacial score (nSPS) is 15.2. The molecular formula is C17H11Cl3N2O2. The summed E-state index contributed by atoms with van der Waals surface area (Å²) in [7, 11) is 0. The maximum Gasteiger partial charge on any atom is 0.258 e. The van der Waals surface area contributed by atoms with Gasteiger partial charge in [-0.2, -0.15) is 0 Å². The molecule has 0 saturated carbocycles. The van der Waals surface area contributed by atoms with E-state index in [1.165, 1.54) is 6.07 Å². The van der Waals surface area contributed by atoms with E-state index in [1.54, 1.807) is 37.3 Å². The van der Waals surface area contributed by atoms with Crippen LogP contribution in [0, 0.1) is 0 Å². The standard InChI is InChI=1S/C17H11Cl3N2O2/c1-8(15(23)11-4-2-9(18)6-13(11)20)16-21-14-7-10(19)3-5-12(14)17(24)22-16/h2-7,21H,1H3,(H,22,24)/b16-8-. The van der Waals surface area contributed by atoms with Gasteiger partial charge < -0.3 is 10.6 Å². The first-order valence-electron chi connectivity index (χ1n) is 6.95. The van der Waals surface area contributed by atoms with E-state index in [0.29, 0.717) is 38.3 Å². The maximum absolute atomic E-state index is 12.7. The molecule has 0 saturated heterocycles. The Balaban J connectivity index is 2.00. The number of benzene rings is 2. The number of Topliss-reactive ketones (excluding diaryl/α,β-unsaturated/α-hetero) is 1. The second-order valence-electron chi connectivity index (χ2n) is 5.22. The Bertz CT molecular complexity index is 907. The molecule has 1 amide bonds. The number of halogens is 3. The molecule has 0 fully saturated rings. The van der Waals surface area contributed by atoms with Crippen LogP contribution in [0.15, 0.2) is 47.8 Å². The van der Waals surface area contributed by atoms with Gasteiger partial charge in [-0.15, -0.1) is 0 Å². The van der Waals surface area contributed by atoms with Crippen molar-refractivity contribution in [2.24, 2.45) is 0 Å². The van der Waals surface area contributed by atoms with E-state index >= 15 is 0 Å². The van der Waals surface area contributed by atoms with Gasteiger partial charge in [0.1, 0.15) is 5.82 Å². The molecule has 1 aliphatic rings. The summed E-state index contributed by atoms with van der Waals surface area (Å²) in [4.78, 5) is 24.9. The average molecular weight is 382 g/mol. The van der Waals surface area contributed by atoms with E-state index < -0.39 is 0 Å². The van der Waals surface area contributed by atoms with Crippen LogP contribution in [-0.2, 0) is 0 Å². The summed E-state index contributed by atoms with van der Waals surface area (Å²) in [5.74, 6) is -0.333. The summed E-state index contributed by atoms with van der Waals surface area (Å²) in [6.07, 6.45) is 0. The number of hydrogen-bond acceptors (Lipinski definition) is 3. The quantitative estimate of drug-likeness (QED) is 0.573. The van der Waals surface area contributed by atoms with Gasteiger partial charge in [0.15, 0.2) is 5.78 Å². The van der Waals surface area contributed by atoms with Gasteiger partial charge in [-0.3, -0.25) is 9.59 Å². The molecule has 2 aromatic carbocycles. The highest BCUT2D eigenvalue weighted by Crippen LogP contribution is 2.28. The topological polar surface area (TPSA) is 58.2 Å². The third kappa shape index (κ3) is 3.13. The van der Waals surface area contributed by atoms with Gasteiger partial charge in [-0.05, 0) is 43.3 Å². The van der Waals surface area contributed by atoms with Crippen LogP contribution in [0.1, 0.15) is 27.6 Å². The van der Waals surface area contributed by atoms with Crippen LogP contribution in [-0.4, -0.2) is 11.7 Å². The third-order valence-corrected chi connectivity index (χ3v) is 4.40. The fourth-order valence-electron chi connectivity index (χ4n) is 2.34. The first-order valence-corrected chi connectivity index (χ1v) is 8.09. The highest BCUT2D eigenvalue weighted by molar-refractivity contribution is 6.37. The van der Waals surface area contributed by atoms with Crippen molar-refractivity contribution in [1.29, 1.82) is 0 Å². The van der Waals surface area contributed by atoms with E-state index in [2.05, 4.69) is 10.6 Å². The third-order valence-electron chi connectivity index (χ3n) is 3.62. The smallest absolute Gasteiger partial charge is 0.258 e. The highest BCUT2D eigenvalue weighted by Gasteiger charge is 2.24. The number of carbonyl (C=O) groups excluding carboxylic acids is 2. The first-order chi connectivity index (χ1) is 11.4. The molecule has 122 valence electrons. The van der Waals surface area contributed by atoms with Crippen LogP contribution in [0.4, 0.5) is 5.69 Å². The number of hydrogen-bond donors (Lipinski definition) is 2. The van der Waals surface area contributed by atoms with Crippen molar-refractivity contribution in [2.45, 2.75) is 6.92 Å². The summed E-state index contributed by atoms with van der Waals surface area (Å²) in [6, 6.07) is 9.50. The van der Waals surface area contributed by atoms with Gasteiger partial charge >= 0.3 is 0 Å². The Kier molecular flexibility index (Phi) is 4.54. The van der Waals surface area contributed by atoms with Gasteiger partial charge in [-0.25, -0.2) is 0 Å². The molecule has 24 heavy (non-hydrogen) atoms. The van der Waals surface area contributed by atoms with E-state index in [1.807, 2.05) is 0 Å². The summed E-state index contributed by atoms with van der Waals surface area (Å²) in [5, 5.41) is 6.87. The van der Waals surface area contributed by atoms with Crippen molar-refractivity contribution in [3.8, 4) is 0 Å². The molecule has 0 spiro atoms. The molecule has 7 heteroatoms. The molecule has 0 aromatic heterocycles. The minimum absolute atomic E-state index is 0.248. The maximum atomic E-state index is 12.7. The van der Waals surface area contributed by atoms with Crippen LogP contribution in [0.2, 0.25) is 15.1 Å². The molecule has 0 aliphatic carbocycles. The van der Waals surface area contributed by atoms with Gasteiger partial charge in [0, 0.05) is 21.2 Å². The minimum atomic E-state index is -0.315. The zero-order chi connectivity index (χ0) is 17.4. The van der Waals surface area contributed by atoms with E-state index in [-0.39, 0.29) is 16.7 Å². The molecule has 2 N–H and O–H groups in total. The molecule has 0 unspecified atom stereocenters. The molecule has 0 bridgehead atoms. The Morgan fingerprint density at radius 3 is 2.33 bits per heavy atom. The number of ketones is 1. The number of carbonyl (C=O) groups is 2. The summed E-state index contributed by atoms with van der Waals surface area (Å²) >= 11 is 17.9. The predicted molar refractivity (Wildman–Crippen MR) is 96.0 cm³/mol. The number of rotatable bonds is 2. The lowest BCUT2D eigenvalue weighted by atomic mass is 10.0. The van der Waals surface area contributed by atoms with Crippen LogP contribution >= 0.6 is 34.8 Å². The summed E-state index contributed by atoms with van der Waals surface area (Å²) < 4.78 is 0. The zero-order valence-electron chi connectivity index (χ0n) is 12.4. The largest absolute Gasteiger partial charge is 0.341 e. The highest BCUT2D eigenvalue weighted by atomic mass is 35.5. The van der Waals surface area contributed by atoms with Crippen LogP contribution in [0.5, 0.6) is 0 Å². The number of amides is 1.